The number of nitrogens with one attached hydrogen (secondary N) is 2. The second-order valence-electron chi connectivity index (χ2n) is 4.66. The Labute approximate surface area is 109 Å². The van der Waals surface area contributed by atoms with Crippen molar-refractivity contribution in [3.8, 4) is 0 Å². The summed E-state index contributed by atoms with van der Waals surface area (Å²) >= 11 is 0. The summed E-state index contributed by atoms with van der Waals surface area (Å²) in [5.74, 6) is -4.49. The molecule has 1 fully saturated rings. The van der Waals surface area contributed by atoms with Crippen molar-refractivity contribution in [3.05, 3.63) is 35.1 Å². The van der Waals surface area contributed by atoms with E-state index in [1.54, 1.807) is 0 Å². The first-order valence-electron chi connectivity index (χ1n) is 6.21. The van der Waals surface area contributed by atoms with E-state index in [-0.39, 0.29) is 5.56 Å². The molecule has 0 aromatic heterocycles. The molecule has 1 amide bonds. The Morgan fingerprint density at radius 3 is 2.37 bits per heavy atom. The largest absolute Gasteiger partial charge is 0.352 e. The Kier molecular flexibility index (Phi) is 4.42. The number of benzene rings is 1. The van der Waals surface area contributed by atoms with Gasteiger partial charge < -0.3 is 10.6 Å². The summed E-state index contributed by atoms with van der Waals surface area (Å²) < 4.78 is 38.7. The van der Waals surface area contributed by atoms with Gasteiger partial charge in [0.2, 0.25) is 0 Å². The van der Waals surface area contributed by atoms with E-state index < -0.39 is 23.4 Å². The summed E-state index contributed by atoms with van der Waals surface area (Å²) in [7, 11) is 0. The van der Waals surface area contributed by atoms with Crippen LogP contribution in [0.1, 0.15) is 23.2 Å². The molecule has 0 spiro atoms. The zero-order valence-corrected chi connectivity index (χ0v) is 10.3. The van der Waals surface area contributed by atoms with Crippen molar-refractivity contribution in [2.75, 3.05) is 19.6 Å². The van der Waals surface area contributed by atoms with Gasteiger partial charge in [0.05, 0.1) is 0 Å². The van der Waals surface area contributed by atoms with Crippen LogP contribution in [0.25, 0.3) is 0 Å². The molecule has 0 atom stereocenters. The van der Waals surface area contributed by atoms with Crippen LogP contribution in [-0.4, -0.2) is 25.5 Å². The van der Waals surface area contributed by atoms with Gasteiger partial charge in [-0.3, -0.25) is 4.79 Å². The van der Waals surface area contributed by atoms with E-state index in [4.69, 9.17) is 0 Å². The number of carbonyl (C=O) groups excluding carboxylic acids is 1. The summed E-state index contributed by atoms with van der Waals surface area (Å²) in [5.41, 5.74) is -0.203. The summed E-state index contributed by atoms with van der Waals surface area (Å²) in [6, 6.07) is 1.41. The van der Waals surface area contributed by atoms with Gasteiger partial charge in [-0.25, -0.2) is 13.2 Å². The van der Waals surface area contributed by atoms with Crippen molar-refractivity contribution in [2.24, 2.45) is 5.92 Å². The molecule has 0 aliphatic carbocycles. The van der Waals surface area contributed by atoms with Gasteiger partial charge in [0.15, 0.2) is 17.5 Å². The second kappa shape index (κ2) is 6.06. The Morgan fingerprint density at radius 1 is 1.21 bits per heavy atom. The number of carbonyl (C=O) groups is 1. The molecule has 2 rings (SSSR count). The van der Waals surface area contributed by atoms with Gasteiger partial charge in [-0.05, 0) is 44.0 Å². The molecule has 0 unspecified atom stereocenters. The first-order valence-corrected chi connectivity index (χ1v) is 6.21. The molecule has 0 bridgehead atoms. The zero-order chi connectivity index (χ0) is 13.8. The van der Waals surface area contributed by atoms with Gasteiger partial charge in [-0.1, -0.05) is 0 Å². The van der Waals surface area contributed by atoms with Crippen LogP contribution in [-0.2, 0) is 0 Å². The predicted octanol–water partition coefficient (Wildman–Crippen LogP) is 1.83. The van der Waals surface area contributed by atoms with Crippen LogP contribution in [0.4, 0.5) is 13.2 Å². The normalized spacial score (nSPS) is 16.4. The topological polar surface area (TPSA) is 41.1 Å². The molecule has 1 aromatic carbocycles. The number of piperidine rings is 1. The summed E-state index contributed by atoms with van der Waals surface area (Å²) in [6.45, 7) is 2.27. The van der Waals surface area contributed by atoms with Gasteiger partial charge in [0, 0.05) is 12.1 Å². The first-order chi connectivity index (χ1) is 9.08. The van der Waals surface area contributed by atoms with Crippen LogP contribution in [0.3, 0.4) is 0 Å². The molecule has 0 radical (unpaired) electrons. The molecule has 1 saturated heterocycles. The lowest BCUT2D eigenvalue weighted by atomic mass is 9.98. The predicted molar refractivity (Wildman–Crippen MR) is 64.2 cm³/mol. The van der Waals surface area contributed by atoms with Crippen LogP contribution in [0, 0.1) is 23.4 Å². The van der Waals surface area contributed by atoms with Crippen LogP contribution < -0.4 is 10.6 Å². The Balaban J connectivity index is 1.96. The van der Waals surface area contributed by atoms with E-state index >= 15 is 0 Å². The van der Waals surface area contributed by atoms with E-state index in [1.807, 2.05) is 0 Å². The molecule has 0 saturated carbocycles. The lowest BCUT2D eigenvalue weighted by Crippen LogP contribution is -2.36. The lowest BCUT2D eigenvalue weighted by molar-refractivity contribution is 0.0943. The van der Waals surface area contributed by atoms with E-state index in [0.29, 0.717) is 24.6 Å². The monoisotopic (exact) mass is 272 g/mol. The molecule has 2 N–H and O–H groups in total. The fourth-order valence-corrected chi connectivity index (χ4v) is 2.11. The molecule has 3 nitrogen and oxygen atoms in total. The van der Waals surface area contributed by atoms with Crippen molar-refractivity contribution in [3.63, 3.8) is 0 Å². The molecular formula is C13H15F3N2O. The third-order valence-corrected chi connectivity index (χ3v) is 3.26. The van der Waals surface area contributed by atoms with Crippen LogP contribution >= 0.6 is 0 Å². The fraction of sp³-hybridized carbons (Fsp3) is 0.462. The second-order valence-corrected chi connectivity index (χ2v) is 4.66. The van der Waals surface area contributed by atoms with Gasteiger partial charge in [0.1, 0.15) is 0 Å². The third-order valence-electron chi connectivity index (χ3n) is 3.26. The van der Waals surface area contributed by atoms with E-state index in [2.05, 4.69) is 10.6 Å². The first kappa shape index (κ1) is 13.9. The Bertz CT molecular complexity index is 450. The van der Waals surface area contributed by atoms with Crippen molar-refractivity contribution >= 4 is 5.91 Å². The quantitative estimate of drug-likeness (QED) is 0.824. The van der Waals surface area contributed by atoms with Crippen molar-refractivity contribution in [2.45, 2.75) is 12.8 Å². The number of halogens is 3. The Hall–Kier alpha value is -1.56. The number of hydrogen-bond donors (Lipinski definition) is 2. The minimum Gasteiger partial charge on any atom is -0.352 e. The van der Waals surface area contributed by atoms with Crippen molar-refractivity contribution in [1.29, 1.82) is 0 Å². The van der Waals surface area contributed by atoms with E-state index in [9.17, 15) is 18.0 Å². The Morgan fingerprint density at radius 2 is 1.79 bits per heavy atom. The molecule has 19 heavy (non-hydrogen) atoms. The SMILES string of the molecule is O=C(NCC1CCNCC1)c1cc(F)c(F)c(F)c1. The third kappa shape index (κ3) is 3.47. The number of amides is 1. The van der Waals surface area contributed by atoms with Crippen LogP contribution in [0.5, 0.6) is 0 Å². The maximum Gasteiger partial charge on any atom is 0.251 e. The molecular weight excluding hydrogens is 257 g/mol. The van der Waals surface area contributed by atoms with Crippen LogP contribution in [0.2, 0.25) is 0 Å². The average Bonchev–Trinajstić information content (AvgIpc) is 2.42. The fourth-order valence-electron chi connectivity index (χ4n) is 2.11. The molecule has 104 valence electrons. The van der Waals surface area contributed by atoms with Crippen molar-refractivity contribution in [1.82, 2.24) is 10.6 Å². The van der Waals surface area contributed by atoms with E-state index in [1.165, 1.54) is 0 Å². The molecule has 6 heteroatoms. The van der Waals surface area contributed by atoms with Gasteiger partial charge in [-0.15, -0.1) is 0 Å². The highest BCUT2D eigenvalue weighted by molar-refractivity contribution is 5.94. The minimum absolute atomic E-state index is 0.203. The molecule has 1 aliphatic rings. The highest BCUT2D eigenvalue weighted by Gasteiger charge is 2.17. The average molecular weight is 272 g/mol. The zero-order valence-electron chi connectivity index (χ0n) is 10.3. The minimum atomic E-state index is -1.56. The molecule has 1 aliphatic heterocycles. The van der Waals surface area contributed by atoms with E-state index in [0.717, 1.165) is 25.9 Å². The maximum absolute atomic E-state index is 13.0. The smallest absolute Gasteiger partial charge is 0.251 e. The number of rotatable bonds is 3. The number of hydrogen-bond acceptors (Lipinski definition) is 2. The summed E-state index contributed by atoms with van der Waals surface area (Å²) in [5, 5.41) is 5.82. The standard InChI is InChI=1S/C13H15F3N2O/c14-10-5-9(6-11(15)12(10)16)13(19)18-7-8-1-3-17-4-2-8/h5-6,8,17H,1-4,7H2,(H,18,19). The van der Waals surface area contributed by atoms with Gasteiger partial charge >= 0.3 is 0 Å². The van der Waals surface area contributed by atoms with Gasteiger partial charge in [0.25, 0.3) is 5.91 Å². The summed E-state index contributed by atoms with van der Waals surface area (Å²) in [6.07, 6.45) is 1.90. The maximum atomic E-state index is 13.0. The summed E-state index contributed by atoms with van der Waals surface area (Å²) in [4.78, 5) is 11.7. The highest BCUT2D eigenvalue weighted by atomic mass is 19.2. The van der Waals surface area contributed by atoms with Crippen molar-refractivity contribution < 1.29 is 18.0 Å². The molecule has 1 aromatic rings. The van der Waals surface area contributed by atoms with Crippen LogP contribution in [0.15, 0.2) is 12.1 Å². The lowest BCUT2D eigenvalue weighted by Gasteiger charge is -2.22. The highest BCUT2D eigenvalue weighted by Crippen LogP contribution is 2.14. The molecule has 1 heterocycles. The van der Waals surface area contributed by atoms with Gasteiger partial charge in [-0.2, -0.15) is 0 Å².